The molecule has 0 radical (unpaired) electrons. The molecule has 1 fully saturated rings. The van der Waals surface area contributed by atoms with Crippen LogP contribution in [0.4, 0.5) is 5.82 Å². The van der Waals surface area contributed by atoms with E-state index in [0.717, 1.165) is 43.2 Å². The number of hydrogen-bond acceptors (Lipinski definition) is 5. The van der Waals surface area contributed by atoms with Crippen LogP contribution in [0.1, 0.15) is 11.1 Å². The molecule has 100 valence electrons. The molecular formula is C12H19ClN4O. The maximum Gasteiger partial charge on any atom is 0.155 e. The van der Waals surface area contributed by atoms with E-state index in [0.29, 0.717) is 5.15 Å². The van der Waals surface area contributed by atoms with Crippen molar-refractivity contribution in [2.45, 2.75) is 20.0 Å². The van der Waals surface area contributed by atoms with Crippen LogP contribution in [0.3, 0.4) is 0 Å². The van der Waals surface area contributed by atoms with Crippen molar-refractivity contribution in [1.82, 2.24) is 15.1 Å². The third-order valence-corrected chi connectivity index (χ3v) is 3.66. The fourth-order valence-corrected chi connectivity index (χ4v) is 2.12. The second kappa shape index (κ2) is 5.82. The van der Waals surface area contributed by atoms with E-state index in [1.807, 2.05) is 13.8 Å². The van der Waals surface area contributed by atoms with Crippen LogP contribution in [0.25, 0.3) is 0 Å². The van der Waals surface area contributed by atoms with E-state index in [1.165, 1.54) is 0 Å². The zero-order valence-electron chi connectivity index (χ0n) is 11.0. The highest BCUT2D eigenvalue weighted by atomic mass is 35.5. The van der Waals surface area contributed by atoms with Crippen molar-refractivity contribution in [3.05, 3.63) is 16.3 Å². The predicted molar refractivity (Wildman–Crippen MR) is 72.2 cm³/mol. The summed E-state index contributed by atoms with van der Waals surface area (Å²) in [5, 5.41) is 11.8. The molecule has 0 bridgehead atoms. The number of nitrogens with zero attached hydrogens (tertiary/aromatic N) is 3. The maximum absolute atomic E-state index is 5.92. The van der Waals surface area contributed by atoms with Crippen LogP contribution in [-0.2, 0) is 4.74 Å². The number of rotatable bonds is 3. The molecule has 18 heavy (non-hydrogen) atoms. The van der Waals surface area contributed by atoms with E-state index in [2.05, 4.69) is 27.5 Å². The largest absolute Gasteiger partial charge is 0.374 e. The van der Waals surface area contributed by atoms with Crippen molar-refractivity contribution < 1.29 is 4.74 Å². The van der Waals surface area contributed by atoms with Crippen molar-refractivity contribution in [3.63, 3.8) is 0 Å². The fourth-order valence-electron chi connectivity index (χ4n) is 1.94. The fraction of sp³-hybridized carbons (Fsp3) is 0.667. The van der Waals surface area contributed by atoms with Crippen LogP contribution in [0.15, 0.2) is 0 Å². The second-order valence-corrected chi connectivity index (χ2v) is 5.08. The summed E-state index contributed by atoms with van der Waals surface area (Å²) < 4.78 is 5.69. The van der Waals surface area contributed by atoms with Crippen molar-refractivity contribution >= 4 is 17.4 Å². The number of morpholine rings is 1. The van der Waals surface area contributed by atoms with Crippen molar-refractivity contribution in [1.29, 1.82) is 0 Å². The van der Waals surface area contributed by atoms with Crippen molar-refractivity contribution in [2.75, 3.05) is 38.6 Å². The predicted octanol–water partition coefficient (Wildman–Crippen LogP) is 1.49. The lowest BCUT2D eigenvalue weighted by atomic mass is 10.2. The van der Waals surface area contributed by atoms with Crippen molar-refractivity contribution in [3.8, 4) is 0 Å². The number of anilines is 1. The third kappa shape index (κ3) is 3.10. The highest BCUT2D eigenvalue weighted by Crippen LogP contribution is 2.20. The van der Waals surface area contributed by atoms with Gasteiger partial charge in [0.1, 0.15) is 0 Å². The van der Waals surface area contributed by atoms with E-state index in [4.69, 9.17) is 16.3 Å². The molecule has 1 atom stereocenters. The highest BCUT2D eigenvalue weighted by Gasteiger charge is 2.18. The summed E-state index contributed by atoms with van der Waals surface area (Å²) in [6.45, 7) is 7.39. The van der Waals surface area contributed by atoms with E-state index in [9.17, 15) is 0 Å². The van der Waals surface area contributed by atoms with Gasteiger partial charge in [-0.3, -0.25) is 0 Å². The minimum Gasteiger partial charge on any atom is -0.374 e. The van der Waals surface area contributed by atoms with Crippen LogP contribution in [0.5, 0.6) is 0 Å². The van der Waals surface area contributed by atoms with Crippen LogP contribution < -0.4 is 5.32 Å². The molecule has 0 aromatic carbocycles. The summed E-state index contributed by atoms with van der Waals surface area (Å²) in [5.41, 5.74) is 2.01. The molecule has 6 heteroatoms. The van der Waals surface area contributed by atoms with Crippen molar-refractivity contribution in [2.24, 2.45) is 0 Å². The van der Waals surface area contributed by atoms with Gasteiger partial charge in [0.25, 0.3) is 0 Å². The van der Waals surface area contributed by atoms with Crippen LogP contribution >= 0.6 is 11.6 Å². The van der Waals surface area contributed by atoms with Gasteiger partial charge in [0, 0.05) is 19.6 Å². The first kappa shape index (κ1) is 13.5. The highest BCUT2D eigenvalue weighted by molar-refractivity contribution is 6.30. The summed E-state index contributed by atoms with van der Waals surface area (Å²) in [4.78, 5) is 2.27. The number of halogens is 1. The van der Waals surface area contributed by atoms with Gasteiger partial charge in [-0.15, -0.1) is 10.2 Å². The Morgan fingerprint density at radius 3 is 2.89 bits per heavy atom. The van der Waals surface area contributed by atoms with Gasteiger partial charge in [-0.1, -0.05) is 11.6 Å². The summed E-state index contributed by atoms with van der Waals surface area (Å²) in [6, 6.07) is 0. The Balaban J connectivity index is 1.96. The lowest BCUT2D eigenvalue weighted by Crippen LogP contribution is -2.43. The summed E-state index contributed by atoms with van der Waals surface area (Å²) >= 11 is 5.92. The summed E-state index contributed by atoms with van der Waals surface area (Å²) in [5.74, 6) is 0.786. The molecule has 0 aliphatic carbocycles. The van der Waals surface area contributed by atoms with E-state index >= 15 is 0 Å². The molecule has 1 aliphatic rings. The minimum absolute atomic E-state index is 0.195. The molecule has 1 aromatic heterocycles. The van der Waals surface area contributed by atoms with Gasteiger partial charge in [0.15, 0.2) is 11.0 Å². The average Bonchev–Trinajstić information content (AvgIpc) is 2.35. The molecule has 0 spiro atoms. The average molecular weight is 271 g/mol. The van der Waals surface area contributed by atoms with Gasteiger partial charge in [-0.25, -0.2) is 0 Å². The first-order chi connectivity index (χ1) is 8.58. The number of hydrogen-bond donors (Lipinski definition) is 1. The number of ether oxygens (including phenoxy) is 1. The Hall–Kier alpha value is -0.910. The Morgan fingerprint density at radius 2 is 2.17 bits per heavy atom. The first-order valence-corrected chi connectivity index (χ1v) is 6.49. The Labute approximate surface area is 112 Å². The summed E-state index contributed by atoms with van der Waals surface area (Å²) in [6.07, 6.45) is 0.195. The Bertz CT molecular complexity index is 427. The van der Waals surface area contributed by atoms with Gasteiger partial charge in [-0.2, -0.15) is 0 Å². The molecule has 1 N–H and O–H groups in total. The molecule has 1 saturated heterocycles. The summed E-state index contributed by atoms with van der Waals surface area (Å²) in [7, 11) is 2.10. The van der Waals surface area contributed by atoms with E-state index < -0.39 is 0 Å². The van der Waals surface area contributed by atoms with Crippen LogP contribution in [0.2, 0.25) is 5.15 Å². The zero-order valence-corrected chi connectivity index (χ0v) is 11.8. The van der Waals surface area contributed by atoms with Gasteiger partial charge >= 0.3 is 0 Å². The topological polar surface area (TPSA) is 50.3 Å². The van der Waals surface area contributed by atoms with Gasteiger partial charge in [0.2, 0.25) is 0 Å². The van der Waals surface area contributed by atoms with E-state index in [-0.39, 0.29) is 6.10 Å². The lowest BCUT2D eigenvalue weighted by molar-refractivity contribution is -0.0117. The minimum atomic E-state index is 0.195. The van der Waals surface area contributed by atoms with Gasteiger partial charge in [0.05, 0.1) is 12.7 Å². The van der Waals surface area contributed by atoms with Crippen LogP contribution in [-0.4, -0.2) is 54.5 Å². The molecule has 1 aliphatic heterocycles. The monoisotopic (exact) mass is 270 g/mol. The second-order valence-electron chi connectivity index (χ2n) is 4.73. The zero-order chi connectivity index (χ0) is 13.1. The lowest BCUT2D eigenvalue weighted by Gasteiger charge is -2.30. The molecule has 5 nitrogen and oxygen atoms in total. The first-order valence-electron chi connectivity index (χ1n) is 6.11. The molecule has 0 amide bonds. The van der Waals surface area contributed by atoms with Crippen LogP contribution in [0, 0.1) is 13.8 Å². The number of likely N-dealkylation sites (N-methyl/N-ethyl adjacent to an activating group) is 1. The van der Waals surface area contributed by atoms with E-state index in [1.54, 1.807) is 0 Å². The molecule has 0 saturated carbocycles. The molecule has 1 unspecified atom stereocenters. The number of nitrogens with one attached hydrogen (secondary N) is 1. The number of aromatic nitrogens is 2. The Morgan fingerprint density at radius 1 is 1.39 bits per heavy atom. The quantitative estimate of drug-likeness (QED) is 0.902. The maximum atomic E-state index is 5.92. The smallest absolute Gasteiger partial charge is 0.155 e. The standard InChI is InChI=1S/C12H19ClN4O/c1-8-9(2)12(16-15-11(8)13)14-6-10-7-17(3)4-5-18-10/h10H,4-7H2,1-3H3,(H,14,16). The molecule has 1 aromatic rings. The Kier molecular flexibility index (Phi) is 4.37. The normalized spacial score (nSPS) is 21.0. The van der Waals surface area contributed by atoms with Gasteiger partial charge < -0.3 is 15.0 Å². The van der Waals surface area contributed by atoms with Gasteiger partial charge in [-0.05, 0) is 32.0 Å². The SMILES string of the molecule is Cc1c(Cl)nnc(NCC2CN(C)CCO2)c1C. The molecule has 2 heterocycles. The molecule has 2 rings (SSSR count). The molecular weight excluding hydrogens is 252 g/mol. The third-order valence-electron chi connectivity index (χ3n) is 3.30.